The summed E-state index contributed by atoms with van der Waals surface area (Å²) in [7, 11) is 0. The van der Waals surface area contributed by atoms with Crippen molar-refractivity contribution in [3.63, 3.8) is 0 Å². The minimum Gasteiger partial charge on any atom is -0.339 e. The minimum atomic E-state index is -0.0712. The van der Waals surface area contributed by atoms with Gasteiger partial charge in [0.25, 0.3) is 5.91 Å². The Labute approximate surface area is 154 Å². The summed E-state index contributed by atoms with van der Waals surface area (Å²) in [5.74, 6) is 0.0827. The van der Waals surface area contributed by atoms with E-state index in [4.69, 9.17) is 11.6 Å². The van der Waals surface area contributed by atoms with Crippen molar-refractivity contribution in [3.05, 3.63) is 69.2 Å². The van der Waals surface area contributed by atoms with Gasteiger partial charge in [-0.2, -0.15) is 0 Å². The highest BCUT2D eigenvalue weighted by Crippen LogP contribution is 2.26. The second-order valence-corrected chi connectivity index (χ2v) is 7.24. The van der Waals surface area contributed by atoms with Gasteiger partial charge in [0.15, 0.2) is 5.78 Å². The Balaban J connectivity index is 1.64. The van der Waals surface area contributed by atoms with Crippen molar-refractivity contribution in [3.8, 4) is 0 Å². The van der Waals surface area contributed by atoms with Gasteiger partial charge >= 0.3 is 0 Å². The van der Waals surface area contributed by atoms with Crippen LogP contribution in [0.3, 0.4) is 0 Å². The molecule has 0 atom stereocenters. The SMILES string of the molecule is O=C(c1ccccc1)C1CCN(C(=O)c2ccc(Br)cc2Cl)CC1. The molecule has 1 aliphatic rings. The molecule has 0 aliphatic carbocycles. The molecule has 1 amide bonds. The number of nitrogens with zero attached hydrogens (tertiary/aromatic N) is 1. The average Bonchev–Trinajstić information content (AvgIpc) is 2.61. The van der Waals surface area contributed by atoms with Gasteiger partial charge < -0.3 is 4.90 Å². The highest BCUT2D eigenvalue weighted by molar-refractivity contribution is 9.10. The molecule has 1 fully saturated rings. The summed E-state index contributed by atoms with van der Waals surface area (Å²) in [5.41, 5.74) is 1.26. The molecule has 5 heteroatoms. The highest BCUT2D eigenvalue weighted by atomic mass is 79.9. The van der Waals surface area contributed by atoms with Gasteiger partial charge in [-0.1, -0.05) is 57.9 Å². The summed E-state index contributed by atoms with van der Waals surface area (Å²) in [5, 5.41) is 0.442. The first-order chi connectivity index (χ1) is 11.6. The number of piperidine rings is 1. The fourth-order valence-corrected chi connectivity index (χ4v) is 3.77. The number of halogens is 2. The van der Waals surface area contributed by atoms with E-state index in [1.54, 1.807) is 17.0 Å². The maximum Gasteiger partial charge on any atom is 0.255 e. The number of carbonyl (C=O) groups excluding carboxylic acids is 2. The van der Waals surface area contributed by atoms with Crippen molar-refractivity contribution >= 4 is 39.2 Å². The van der Waals surface area contributed by atoms with Crippen molar-refractivity contribution in [2.24, 2.45) is 5.92 Å². The van der Waals surface area contributed by atoms with Gasteiger partial charge in [0.05, 0.1) is 10.6 Å². The lowest BCUT2D eigenvalue weighted by Gasteiger charge is -2.31. The van der Waals surface area contributed by atoms with E-state index in [9.17, 15) is 9.59 Å². The molecule has 0 aromatic heterocycles. The van der Waals surface area contributed by atoms with Crippen LogP contribution >= 0.6 is 27.5 Å². The van der Waals surface area contributed by atoms with E-state index < -0.39 is 0 Å². The van der Waals surface area contributed by atoms with Crippen LogP contribution in [0.2, 0.25) is 5.02 Å². The molecule has 0 bridgehead atoms. The molecule has 1 saturated heterocycles. The second-order valence-electron chi connectivity index (χ2n) is 5.92. The third-order valence-electron chi connectivity index (χ3n) is 4.37. The fraction of sp³-hybridized carbons (Fsp3) is 0.263. The van der Waals surface area contributed by atoms with E-state index in [0.29, 0.717) is 36.5 Å². The lowest BCUT2D eigenvalue weighted by molar-refractivity contribution is 0.0650. The smallest absolute Gasteiger partial charge is 0.255 e. The largest absolute Gasteiger partial charge is 0.339 e. The number of carbonyl (C=O) groups is 2. The molecule has 3 rings (SSSR count). The molecule has 1 heterocycles. The zero-order valence-electron chi connectivity index (χ0n) is 13.0. The van der Waals surface area contributed by atoms with Crippen LogP contribution in [0.25, 0.3) is 0 Å². The summed E-state index contributed by atoms with van der Waals surface area (Å²) >= 11 is 9.51. The molecule has 0 spiro atoms. The number of ketones is 1. The first-order valence-corrected chi connectivity index (χ1v) is 9.07. The molecule has 3 nitrogen and oxygen atoms in total. The van der Waals surface area contributed by atoms with Crippen molar-refractivity contribution in [1.29, 1.82) is 0 Å². The number of amides is 1. The molecule has 0 radical (unpaired) electrons. The monoisotopic (exact) mass is 405 g/mol. The van der Waals surface area contributed by atoms with Crippen LogP contribution < -0.4 is 0 Å². The fourth-order valence-electron chi connectivity index (χ4n) is 3.02. The minimum absolute atomic E-state index is 0.0168. The van der Waals surface area contributed by atoms with Crippen LogP contribution in [0.5, 0.6) is 0 Å². The number of hydrogen-bond acceptors (Lipinski definition) is 2. The first kappa shape index (κ1) is 17.2. The Morgan fingerprint density at radius 2 is 1.71 bits per heavy atom. The lowest BCUT2D eigenvalue weighted by atomic mass is 9.88. The maximum absolute atomic E-state index is 12.6. The van der Waals surface area contributed by atoms with Crippen LogP contribution in [-0.2, 0) is 0 Å². The Morgan fingerprint density at radius 3 is 2.33 bits per heavy atom. The van der Waals surface area contributed by atoms with E-state index in [1.807, 2.05) is 36.4 Å². The predicted octanol–water partition coefficient (Wildman–Crippen LogP) is 4.84. The van der Waals surface area contributed by atoms with Gasteiger partial charge in [0.1, 0.15) is 0 Å². The van der Waals surface area contributed by atoms with Gasteiger partial charge in [-0.3, -0.25) is 9.59 Å². The van der Waals surface area contributed by atoms with E-state index in [2.05, 4.69) is 15.9 Å². The molecular formula is C19H17BrClNO2. The highest BCUT2D eigenvalue weighted by Gasteiger charge is 2.29. The normalized spacial score (nSPS) is 15.3. The van der Waals surface area contributed by atoms with Crippen molar-refractivity contribution in [2.75, 3.05) is 13.1 Å². The zero-order chi connectivity index (χ0) is 17.1. The van der Waals surface area contributed by atoms with Crippen LogP contribution in [0, 0.1) is 5.92 Å². The van der Waals surface area contributed by atoms with Crippen molar-refractivity contribution < 1.29 is 9.59 Å². The van der Waals surface area contributed by atoms with E-state index in [0.717, 1.165) is 10.0 Å². The lowest BCUT2D eigenvalue weighted by Crippen LogP contribution is -2.40. The van der Waals surface area contributed by atoms with Crippen LogP contribution in [0.4, 0.5) is 0 Å². The molecule has 0 unspecified atom stereocenters. The first-order valence-electron chi connectivity index (χ1n) is 7.90. The van der Waals surface area contributed by atoms with Gasteiger partial charge in [-0.15, -0.1) is 0 Å². The molecule has 2 aromatic carbocycles. The Hall–Kier alpha value is -1.65. The number of benzene rings is 2. The number of hydrogen-bond donors (Lipinski definition) is 0. The van der Waals surface area contributed by atoms with Crippen LogP contribution in [-0.4, -0.2) is 29.7 Å². The van der Waals surface area contributed by atoms with Crippen molar-refractivity contribution in [2.45, 2.75) is 12.8 Å². The zero-order valence-corrected chi connectivity index (χ0v) is 15.4. The molecule has 0 N–H and O–H groups in total. The Kier molecular flexibility index (Phi) is 5.36. The third-order valence-corrected chi connectivity index (χ3v) is 5.18. The quantitative estimate of drug-likeness (QED) is 0.684. The topological polar surface area (TPSA) is 37.4 Å². The van der Waals surface area contributed by atoms with Crippen molar-refractivity contribution in [1.82, 2.24) is 4.90 Å². The van der Waals surface area contributed by atoms with E-state index >= 15 is 0 Å². The molecule has 1 aliphatic heterocycles. The summed E-state index contributed by atoms with van der Waals surface area (Å²) in [6.45, 7) is 1.16. The van der Waals surface area contributed by atoms with Gasteiger partial charge in [-0.25, -0.2) is 0 Å². The Bertz CT molecular complexity index is 755. The molecule has 0 saturated carbocycles. The summed E-state index contributed by atoms with van der Waals surface area (Å²) < 4.78 is 0.844. The number of rotatable bonds is 3. The third kappa shape index (κ3) is 3.70. The second kappa shape index (κ2) is 7.49. The summed E-state index contributed by atoms with van der Waals surface area (Å²) in [6, 6.07) is 14.6. The van der Waals surface area contributed by atoms with Crippen LogP contribution in [0.15, 0.2) is 53.0 Å². The summed E-state index contributed by atoms with van der Waals surface area (Å²) in [6.07, 6.45) is 1.38. The van der Waals surface area contributed by atoms with Gasteiger partial charge in [-0.05, 0) is 31.0 Å². The average molecular weight is 407 g/mol. The van der Waals surface area contributed by atoms with Crippen LogP contribution in [0.1, 0.15) is 33.6 Å². The molecule has 24 heavy (non-hydrogen) atoms. The predicted molar refractivity (Wildman–Crippen MR) is 98.6 cm³/mol. The number of likely N-dealkylation sites (tertiary alicyclic amines) is 1. The Morgan fingerprint density at radius 1 is 1.04 bits per heavy atom. The standard InChI is InChI=1S/C19H17BrClNO2/c20-15-6-7-16(17(21)12-15)19(24)22-10-8-14(9-11-22)18(23)13-4-2-1-3-5-13/h1-7,12,14H,8-11H2. The number of Topliss-reactive ketones (excluding diaryl/α,β-unsaturated/α-hetero) is 1. The maximum atomic E-state index is 12.6. The van der Waals surface area contributed by atoms with Gasteiger partial charge in [0.2, 0.25) is 0 Å². The van der Waals surface area contributed by atoms with Gasteiger partial charge in [0, 0.05) is 29.0 Å². The summed E-state index contributed by atoms with van der Waals surface area (Å²) in [4.78, 5) is 26.9. The molecular weight excluding hydrogens is 390 g/mol. The molecule has 2 aromatic rings. The molecule has 124 valence electrons. The van der Waals surface area contributed by atoms with E-state index in [1.165, 1.54) is 0 Å². The van der Waals surface area contributed by atoms with E-state index in [-0.39, 0.29) is 17.6 Å².